The van der Waals surface area contributed by atoms with E-state index in [4.69, 9.17) is 4.74 Å². The Balaban J connectivity index is 1.50. The van der Waals surface area contributed by atoms with Crippen molar-refractivity contribution in [2.75, 3.05) is 33.3 Å². The maximum absolute atomic E-state index is 13.3. The van der Waals surface area contributed by atoms with Gasteiger partial charge in [0, 0.05) is 32.7 Å². The third-order valence-electron chi connectivity index (χ3n) is 6.29. The van der Waals surface area contributed by atoms with Crippen molar-refractivity contribution in [3.05, 3.63) is 29.8 Å². The third-order valence-corrected chi connectivity index (χ3v) is 6.29. The number of fused-ring (bicyclic) bond motifs is 2. The van der Waals surface area contributed by atoms with Crippen LogP contribution in [0.25, 0.3) is 0 Å². The largest absolute Gasteiger partial charge is 0.497 e. The number of rotatable bonds is 6. The summed E-state index contributed by atoms with van der Waals surface area (Å²) < 4.78 is 5.20. The number of β-amino-alcohol motifs (C(OH)–C–C–N with tert-alkyl or cyclic N) is 1. The fourth-order valence-corrected chi connectivity index (χ4v) is 4.81. The van der Waals surface area contributed by atoms with Gasteiger partial charge in [0.1, 0.15) is 11.3 Å². The first-order valence-electron chi connectivity index (χ1n) is 10.1. The summed E-state index contributed by atoms with van der Waals surface area (Å²) in [6.07, 6.45) is 1.64. The van der Waals surface area contributed by atoms with Crippen molar-refractivity contribution in [2.45, 2.75) is 50.4 Å². The topological polar surface area (TPSA) is 73.3 Å². The van der Waals surface area contributed by atoms with E-state index in [0.29, 0.717) is 32.6 Å². The first-order valence-corrected chi connectivity index (χ1v) is 10.1. The Bertz CT molecular complexity index is 745. The number of methoxy groups -OCH3 is 1. The number of amides is 2. The Labute approximate surface area is 165 Å². The van der Waals surface area contributed by atoms with Crippen LogP contribution in [0.3, 0.4) is 0 Å². The molecule has 0 aliphatic carbocycles. The lowest BCUT2D eigenvalue weighted by Crippen LogP contribution is -2.81. The molecule has 0 aromatic heterocycles. The Kier molecular flexibility index (Phi) is 5.16. The molecule has 1 spiro atoms. The average Bonchev–Trinajstić information content (AvgIpc) is 3.06. The summed E-state index contributed by atoms with van der Waals surface area (Å²) in [5, 5.41) is 10.2. The number of ether oxygens (including phenoxy) is 1. The number of aliphatic hydroxyl groups excluding tert-OH is 1. The molecule has 3 heterocycles. The van der Waals surface area contributed by atoms with Gasteiger partial charge in [0.15, 0.2) is 0 Å². The first-order chi connectivity index (χ1) is 13.5. The number of imide groups is 1. The van der Waals surface area contributed by atoms with Crippen molar-refractivity contribution in [2.24, 2.45) is 0 Å². The van der Waals surface area contributed by atoms with E-state index in [-0.39, 0.29) is 17.9 Å². The molecule has 3 saturated heterocycles. The summed E-state index contributed by atoms with van der Waals surface area (Å²) in [7, 11) is 1.65. The lowest BCUT2D eigenvalue weighted by molar-refractivity contribution is -0.180. The Morgan fingerprint density at radius 3 is 2.57 bits per heavy atom. The molecule has 2 atom stereocenters. The maximum atomic E-state index is 13.3. The molecule has 4 rings (SSSR count). The zero-order valence-electron chi connectivity index (χ0n) is 16.6. The highest BCUT2D eigenvalue weighted by Gasteiger charge is 2.63. The summed E-state index contributed by atoms with van der Waals surface area (Å²) in [6, 6.07) is 7.58. The van der Waals surface area contributed by atoms with Crippen LogP contribution >= 0.6 is 0 Å². The Morgan fingerprint density at radius 1 is 1.21 bits per heavy atom. The summed E-state index contributed by atoms with van der Waals surface area (Å²) in [4.78, 5) is 31.9. The number of piperazine rings is 1. The van der Waals surface area contributed by atoms with E-state index in [2.05, 4.69) is 11.8 Å². The van der Waals surface area contributed by atoms with Crippen LogP contribution < -0.4 is 4.74 Å². The quantitative estimate of drug-likeness (QED) is 0.730. The van der Waals surface area contributed by atoms with E-state index in [9.17, 15) is 14.7 Å². The van der Waals surface area contributed by atoms with Gasteiger partial charge < -0.3 is 9.84 Å². The monoisotopic (exact) mass is 387 g/mol. The number of nitrogens with zero attached hydrogens (tertiary/aromatic N) is 3. The van der Waals surface area contributed by atoms with Crippen LogP contribution in [0.2, 0.25) is 0 Å². The highest BCUT2D eigenvalue weighted by Crippen LogP contribution is 2.41. The molecule has 3 aliphatic rings. The Hall–Kier alpha value is -1.96. The average molecular weight is 387 g/mol. The minimum Gasteiger partial charge on any atom is -0.497 e. The van der Waals surface area contributed by atoms with Gasteiger partial charge in [-0.2, -0.15) is 0 Å². The van der Waals surface area contributed by atoms with Gasteiger partial charge >= 0.3 is 0 Å². The van der Waals surface area contributed by atoms with Crippen LogP contribution in [0.5, 0.6) is 5.75 Å². The van der Waals surface area contributed by atoms with Crippen molar-refractivity contribution < 1.29 is 19.4 Å². The van der Waals surface area contributed by atoms with Crippen LogP contribution in [0.1, 0.15) is 31.7 Å². The van der Waals surface area contributed by atoms with Crippen LogP contribution in [-0.2, 0) is 16.1 Å². The van der Waals surface area contributed by atoms with E-state index >= 15 is 0 Å². The van der Waals surface area contributed by atoms with Crippen molar-refractivity contribution >= 4 is 11.8 Å². The second kappa shape index (κ2) is 7.46. The summed E-state index contributed by atoms with van der Waals surface area (Å²) >= 11 is 0. The predicted octanol–water partition coefficient (Wildman–Crippen LogP) is 0.854. The molecule has 28 heavy (non-hydrogen) atoms. The highest BCUT2D eigenvalue weighted by molar-refractivity contribution is 6.06. The number of unbranched alkanes of at least 4 members (excludes halogenated alkanes) is 1. The molecule has 0 radical (unpaired) electrons. The number of carbonyl (C=O) groups excluding carboxylic acids is 2. The third kappa shape index (κ3) is 3.11. The van der Waals surface area contributed by atoms with Gasteiger partial charge in [-0.05, 0) is 30.5 Å². The molecule has 152 valence electrons. The minimum atomic E-state index is -0.670. The van der Waals surface area contributed by atoms with Crippen molar-refractivity contribution in [3.8, 4) is 5.75 Å². The number of benzene rings is 1. The van der Waals surface area contributed by atoms with Crippen LogP contribution in [-0.4, -0.2) is 82.6 Å². The number of hydrogen-bond acceptors (Lipinski definition) is 6. The van der Waals surface area contributed by atoms with Crippen molar-refractivity contribution in [1.29, 1.82) is 0 Å². The number of aliphatic hydroxyl groups is 1. The zero-order chi connectivity index (χ0) is 19.9. The second-order valence-corrected chi connectivity index (χ2v) is 8.23. The molecule has 7 nitrogen and oxygen atoms in total. The highest BCUT2D eigenvalue weighted by atomic mass is 16.5. The van der Waals surface area contributed by atoms with Gasteiger partial charge in [-0.1, -0.05) is 25.5 Å². The van der Waals surface area contributed by atoms with E-state index in [1.807, 2.05) is 29.2 Å². The zero-order valence-corrected chi connectivity index (χ0v) is 16.6. The van der Waals surface area contributed by atoms with Crippen LogP contribution in [0.4, 0.5) is 0 Å². The minimum absolute atomic E-state index is 0.0812. The molecule has 7 heteroatoms. The van der Waals surface area contributed by atoms with E-state index in [1.54, 1.807) is 7.11 Å². The van der Waals surface area contributed by atoms with Crippen LogP contribution in [0.15, 0.2) is 24.3 Å². The molecule has 1 aromatic carbocycles. The van der Waals surface area contributed by atoms with Gasteiger partial charge in [-0.15, -0.1) is 0 Å². The summed E-state index contributed by atoms with van der Waals surface area (Å²) in [6.45, 7) is 4.88. The van der Waals surface area contributed by atoms with E-state index in [0.717, 1.165) is 30.7 Å². The molecule has 0 bridgehead atoms. The molecular formula is C21H29N3O4. The van der Waals surface area contributed by atoms with Gasteiger partial charge in [-0.25, -0.2) is 0 Å². The number of hydrogen-bond donors (Lipinski definition) is 1. The van der Waals surface area contributed by atoms with Crippen molar-refractivity contribution in [3.63, 3.8) is 0 Å². The van der Waals surface area contributed by atoms with Gasteiger partial charge in [0.25, 0.3) is 5.91 Å². The van der Waals surface area contributed by atoms with Gasteiger partial charge in [0.2, 0.25) is 5.91 Å². The fraction of sp³-hybridized carbons (Fsp3) is 0.619. The summed E-state index contributed by atoms with van der Waals surface area (Å²) in [5.41, 5.74) is 0.492. The number of likely N-dealkylation sites (tertiary alicyclic amines) is 1. The smallest absolute Gasteiger partial charge is 0.252 e. The Morgan fingerprint density at radius 2 is 1.93 bits per heavy atom. The molecule has 1 N–H and O–H groups in total. The molecular weight excluding hydrogens is 358 g/mol. The summed E-state index contributed by atoms with van der Waals surface area (Å²) in [5.74, 6) is 0.613. The molecule has 3 fully saturated rings. The lowest BCUT2D eigenvalue weighted by Gasteiger charge is -2.58. The van der Waals surface area contributed by atoms with Crippen LogP contribution in [0, 0.1) is 0 Å². The standard InChI is InChI=1S/C21H29N3O4/c1-3-4-9-23-19(26)18-10-16(25)12-24(18)21(20(23)27)13-22(14-21)11-15-5-7-17(28-2)8-6-15/h5-8,16,18,25H,3-4,9-14H2,1-2H3/t16-,18+/m1/s1. The molecule has 3 aliphatic heterocycles. The van der Waals surface area contributed by atoms with Gasteiger partial charge in [-0.3, -0.25) is 24.3 Å². The molecule has 2 amide bonds. The fourth-order valence-electron chi connectivity index (χ4n) is 4.81. The molecule has 0 unspecified atom stereocenters. The predicted molar refractivity (Wildman–Crippen MR) is 104 cm³/mol. The van der Waals surface area contributed by atoms with Crippen molar-refractivity contribution in [1.82, 2.24) is 14.7 Å². The van der Waals surface area contributed by atoms with E-state index in [1.165, 1.54) is 4.90 Å². The normalized spacial score (nSPS) is 27.2. The first kappa shape index (κ1) is 19.4. The molecule has 0 saturated carbocycles. The van der Waals surface area contributed by atoms with E-state index < -0.39 is 11.6 Å². The SMILES string of the molecule is CCCCN1C(=O)[C@@H]2C[C@@H](O)CN2C2(CN(Cc3ccc(OC)cc3)C2)C1=O. The second-order valence-electron chi connectivity index (χ2n) is 8.23. The van der Waals surface area contributed by atoms with Gasteiger partial charge in [0.05, 0.1) is 19.3 Å². The molecule has 1 aromatic rings. The number of carbonyl (C=O) groups is 2. The maximum Gasteiger partial charge on any atom is 0.252 e. The lowest BCUT2D eigenvalue weighted by atomic mass is 9.82.